The first-order valence-electron chi connectivity index (χ1n) is 8.53. The summed E-state index contributed by atoms with van der Waals surface area (Å²) in [7, 11) is 3.50. The molecule has 0 fully saturated rings. The molecular weight excluding hydrogens is 403 g/mol. The van der Waals surface area contributed by atoms with E-state index in [1.165, 1.54) is 12.8 Å². The van der Waals surface area contributed by atoms with E-state index in [1.807, 2.05) is 0 Å². The fraction of sp³-hybridized carbons (Fsp3) is 0.882. The highest BCUT2D eigenvalue weighted by Gasteiger charge is 2.10. The van der Waals surface area contributed by atoms with Crippen molar-refractivity contribution in [2.24, 2.45) is 10.9 Å². The van der Waals surface area contributed by atoms with Crippen LogP contribution in [0.3, 0.4) is 0 Å². The number of carbonyl (C=O) groups is 1. The summed E-state index contributed by atoms with van der Waals surface area (Å²) in [4.78, 5) is 17.7. The number of hydrogen-bond donors (Lipinski definition) is 2. The quantitative estimate of drug-likeness (QED) is 0.329. The summed E-state index contributed by atoms with van der Waals surface area (Å²) < 4.78 is 0. The standard InChI is InChI=1S/C17H36N4O.HI/c1-8-14(4)19-17(18-12-16(22)21(6)7)20-15(5)11-9-10-13(2)3;/h13-15H,8-12H2,1-7H3,(H2,18,19,20);1H. The Hall–Kier alpha value is -0.530. The molecule has 2 unspecified atom stereocenters. The number of rotatable bonds is 9. The molecule has 0 aromatic carbocycles. The van der Waals surface area contributed by atoms with Gasteiger partial charge in [0.05, 0.1) is 0 Å². The molecule has 2 N–H and O–H groups in total. The molecule has 0 aliphatic carbocycles. The zero-order chi connectivity index (χ0) is 17.1. The predicted octanol–water partition coefficient (Wildman–Crippen LogP) is 3.24. The maximum Gasteiger partial charge on any atom is 0.243 e. The maximum absolute atomic E-state index is 11.7. The smallest absolute Gasteiger partial charge is 0.243 e. The van der Waals surface area contributed by atoms with Gasteiger partial charge in [0, 0.05) is 26.2 Å². The topological polar surface area (TPSA) is 56.7 Å². The molecule has 23 heavy (non-hydrogen) atoms. The van der Waals surface area contributed by atoms with Crippen molar-refractivity contribution in [2.45, 2.75) is 72.4 Å². The fourth-order valence-corrected chi connectivity index (χ4v) is 1.89. The van der Waals surface area contributed by atoms with E-state index in [0.29, 0.717) is 12.1 Å². The van der Waals surface area contributed by atoms with Crippen LogP contribution in [0.25, 0.3) is 0 Å². The Kier molecular flexibility index (Phi) is 14.9. The van der Waals surface area contributed by atoms with Gasteiger partial charge in [0.2, 0.25) is 5.91 Å². The summed E-state index contributed by atoms with van der Waals surface area (Å²) >= 11 is 0. The summed E-state index contributed by atoms with van der Waals surface area (Å²) in [6, 6.07) is 0.687. The second kappa shape index (κ2) is 13.9. The summed E-state index contributed by atoms with van der Waals surface area (Å²) in [5.41, 5.74) is 0. The van der Waals surface area contributed by atoms with E-state index in [-0.39, 0.29) is 36.4 Å². The van der Waals surface area contributed by atoms with Crippen molar-refractivity contribution in [2.75, 3.05) is 20.6 Å². The van der Waals surface area contributed by atoms with Crippen molar-refractivity contribution in [1.29, 1.82) is 0 Å². The van der Waals surface area contributed by atoms with Crippen molar-refractivity contribution in [3.8, 4) is 0 Å². The van der Waals surface area contributed by atoms with Crippen LogP contribution in [0.2, 0.25) is 0 Å². The number of carbonyl (C=O) groups excluding carboxylic acids is 1. The van der Waals surface area contributed by atoms with Gasteiger partial charge in [0.25, 0.3) is 0 Å². The highest BCUT2D eigenvalue weighted by Crippen LogP contribution is 2.08. The van der Waals surface area contributed by atoms with Gasteiger partial charge in [-0.15, -0.1) is 24.0 Å². The number of likely N-dealkylation sites (N-methyl/N-ethyl adjacent to an activating group) is 1. The molecule has 0 heterocycles. The molecule has 0 spiro atoms. The van der Waals surface area contributed by atoms with Crippen LogP contribution in [0, 0.1) is 5.92 Å². The van der Waals surface area contributed by atoms with Crippen LogP contribution in [0.1, 0.15) is 60.3 Å². The number of aliphatic imine (C=N–C) groups is 1. The molecule has 0 radical (unpaired) electrons. The second-order valence-electron chi connectivity index (χ2n) is 6.78. The van der Waals surface area contributed by atoms with Crippen LogP contribution in [0.4, 0.5) is 0 Å². The van der Waals surface area contributed by atoms with Crippen LogP contribution < -0.4 is 10.6 Å². The highest BCUT2D eigenvalue weighted by atomic mass is 127. The normalized spacial score (nSPS) is 14.0. The Morgan fingerprint density at radius 1 is 1.04 bits per heavy atom. The van der Waals surface area contributed by atoms with Gasteiger partial charge < -0.3 is 15.5 Å². The average Bonchev–Trinajstić information content (AvgIpc) is 2.43. The number of guanidine groups is 1. The molecule has 1 amide bonds. The van der Waals surface area contributed by atoms with E-state index in [2.05, 4.69) is 50.2 Å². The van der Waals surface area contributed by atoms with Crippen molar-refractivity contribution >= 4 is 35.8 Å². The lowest BCUT2D eigenvalue weighted by Crippen LogP contribution is -2.46. The van der Waals surface area contributed by atoms with Gasteiger partial charge in [0.15, 0.2) is 5.96 Å². The van der Waals surface area contributed by atoms with Crippen LogP contribution >= 0.6 is 24.0 Å². The van der Waals surface area contributed by atoms with Gasteiger partial charge in [0.1, 0.15) is 6.54 Å². The highest BCUT2D eigenvalue weighted by molar-refractivity contribution is 14.0. The first-order chi connectivity index (χ1) is 10.3. The Morgan fingerprint density at radius 3 is 2.09 bits per heavy atom. The molecular formula is C17H37IN4O. The molecule has 2 atom stereocenters. The third-order valence-corrected chi connectivity index (χ3v) is 3.67. The predicted molar refractivity (Wildman–Crippen MR) is 111 cm³/mol. The van der Waals surface area contributed by atoms with Crippen LogP contribution in [0.15, 0.2) is 4.99 Å². The van der Waals surface area contributed by atoms with Gasteiger partial charge in [-0.1, -0.05) is 33.6 Å². The molecule has 138 valence electrons. The summed E-state index contributed by atoms with van der Waals surface area (Å²) in [6.45, 7) is 11.1. The fourth-order valence-electron chi connectivity index (χ4n) is 1.89. The minimum Gasteiger partial charge on any atom is -0.354 e. The lowest BCUT2D eigenvalue weighted by Gasteiger charge is -2.21. The molecule has 0 aromatic rings. The third kappa shape index (κ3) is 13.6. The lowest BCUT2D eigenvalue weighted by atomic mass is 10.0. The molecule has 0 aliphatic rings. The van der Waals surface area contributed by atoms with E-state index in [9.17, 15) is 4.79 Å². The Bertz CT molecular complexity index is 345. The molecule has 5 nitrogen and oxygen atoms in total. The number of nitrogens with zero attached hydrogens (tertiary/aromatic N) is 2. The van der Waals surface area contributed by atoms with Crippen LogP contribution in [0.5, 0.6) is 0 Å². The zero-order valence-electron chi connectivity index (χ0n) is 16.0. The zero-order valence-corrected chi connectivity index (χ0v) is 18.3. The minimum atomic E-state index is 0. The first kappa shape index (κ1) is 24.7. The van der Waals surface area contributed by atoms with Crippen molar-refractivity contribution in [3.05, 3.63) is 0 Å². The molecule has 6 heteroatoms. The van der Waals surface area contributed by atoms with E-state index < -0.39 is 0 Å². The van der Waals surface area contributed by atoms with E-state index >= 15 is 0 Å². The largest absolute Gasteiger partial charge is 0.354 e. The Labute approximate surface area is 160 Å². The molecule has 0 aromatic heterocycles. The number of halogens is 1. The van der Waals surface area contributed by atoms with Gasteiger partial charge in [-0.25, -0.2) is 4.99 Å². The molecule has 0 bridgehead atoms. The van der Waals surface area contributed by atoms with Crippen LogP contribution in [-0.4, -0.2) is 49.5 Å². The van der Waals surface area contributed by atoms with Gasteiger partial charge >= 0.3 is 0 Å². The van der Waals surface area contributed by atoms with E-state index in [1.54, 1.807) is 19.0 Å². The number of hydrogen-bond acceptors (Lipinski definition) is 2. The van der Waals surface area contributed by atoms with Crippen molar-refractivity contribution in [3.63, 3.8) is 0 Å². The molecule has 0 rings (SSSR count). The summed E-state index contributed by atoms with van der Waals surface area (Å²) in [5.74, 6) is 1.50. The van der Waals surface area contributed by atoms with E-state index in [4.69, 9.17) is 0 Å². The monoisotopic (exact) mass is 440 g/mol. The SMILES string of the molecule is CCC(C)NC(=NCC(=O)N(C)C)NC(C)CCCC(C)C.I. The molecule has 0 aliphatic heterocycles. The minimum absolute atomic E-state index is 0. The van der Waals surface area contributed by atoms with E-state index in [0.717, 1.165) is 24.7 Å². The Balaban J connectivity index is 0. The van der Waals surface area contributed by atoms with Gasteiger partial charge in [-0.05, 0) is 32.6 Å². The molecule has 0 saturated heterocycles. The number of nitrogens with one attached hydrogen (secondary N) is 2. The van der Waals surface area contributed by atoms with Gasteiger partial charge in [-0.3, -0.25) is 4.79 Å². The lowest BCUT2D eigenvalue weighted by molar-refractivity contribution is -0.127. The molecule has 0 saturated carbocycles. The summed E-state index contributed by atoms with van der Waals surface area (Å²) in [5, 5.41) is 6.78. The van der Waals surface area contributed by atoms with Crippen LogP contribution in [-0.2, 0) is 4.79 Å². The average molecular weight is 440 g/mol. The maximum atomic E-state index is 11.7. The van der Waals surface area contributed by atoms with Crippen molar-refractivity contribution in [1.82, 2.24) is 15.5 Å². The summed E-state index contributed by atoms with van der Waals surface area (Å²) in [6.07, 6.45) is 4.58. The third-order valence-electron chi connectivity index (χ3n) is 3.67. The second-order valence-corrected chi connectivity index (χ2v) is 6.78. The van der Waals surface area contributed by atoms with Gasteiger partial charge in [-0.2, -0.15) is 0 Å². The number of amides is 1. The van der Waals surface area contributed by atoms with Crippen molar-refractivity contribution < 1.29 is 4.79 Å². The Morgan fingerprint density at radius 2 is 1.61 bits per heavy atom. The first-order valence-corrected chi connectivity index (χ1v) is 8.53.